The van der Waals surface area contributed by atoms with Gasteiger partial charge in [-0.25, -0.2) is 9.48 Å². The highest BCUT2D eigenvalue weighted by molar-refractivity contribution is 7.99. The van der Waals surface area contributed by atoms with E-state index in [0.29, 0.717) is 28.8 Å². The fourth-order valence-corrected chi connectivity index (χ4v) is 3.70. The van der Waals surface area contributed by atoms with Crippen LogP contribution in [0.25, 0.3) is 11.0 Å². The minimum atomic E-state index is -0.512. The largest absolute Gasteiger partial charge is 0.465 e. The lowest BCUT2D eigenvalue weighted by atomic mass is 10.2. The number of methoxy groups -OCH3 is 1. The maximum atomic E-state index is 12.4. The first-order chi connectivity index (χ1) is 15.1. The lowest BCUT2D eigenvalue weighted by Crippen LogP contribution is -2.17. The summed E-state index contributed by atoms with van der Waals surface area (Å²) in [5.41, 5.74) is 2.41. The van der Waals surface area contributed by atoms with Crippen molar-refractivity contribution >= 4 is 40.4 Å². The van der Waals surface area contributed by atoms with Crippen LogP contribution in [0, 0.1) is 0 Å². The summed E-state index contributed by atoms with van der Waals surface area (Å²) < 4.78 is 8.32. The number of nitrogens with one attached hydrogen (secondary N) is 1. The number of thioether (sulfide) groups is 1. The van der Waals surface area contributed by atoms with Crippen LogP contribution in [0.4, 0.5) is 5.69 Å². The van der Waals surface area contributed by atoms with Crippen molar-refractivity contribution in [2.45, 2.75) is 11.7 Å². The van der Waals surface area contributed by atoms with Crippen molar-refractivity contribution in [3.8, 4) is 0 Å². The van der Waals surface area contributed by atoms with Crippen LogP contribution >= 0.6 is 11.8 Å². The molecule has 0 saturated carbocycles. The Morgan fingerprint density at radius 2 is 1.84 bits per heavy atom. The van der Waals surface area contributed by atoms with Crippen molar-refractivity contribution in [2.24, 2.45) is 7.05 Å². The van der Waals surface area contributed by atoms with E-state index in [1.54, 1.807) is 28.9 Å². The molecule has 0 atom stereocenters. The van der Waals surface area contributed by atoms with Gasteiger partial charge in [-0.1, -0.05) is 41.2 Å². The molecule has 0 aliphatic rings. The van der Waals surface area contributed by atoms with E-state index in [0.717, 1.165) is 11.0 Å². The molecule has 0 unspecified atom stereocenters. The summed E-state index contributed by atoms with van der Waals surface area (Å²) in [5.74, 6) is 0.0122. The van der Waals surface area contributed by atoms with Gasteiger partial charge in [-0.3, -0.25) is 4.79 Å². The zero-order valence-electron chi connectivity index (χ0n) is 16.8. The molecule has 0 radical (unpaired) electrons. The van der Waals surface area contributed by atoms with Gasteiger partial charge >= 0.3 is 5.97 Å². The number of hydrogen-bond acceptors (Lipinski definition) is 8. The van der Waals surface area contributed by atoms with Crippen molar-refractivity contribution < 1.29 is 14.3 Å². The first kappa shape index (κ1) is 20.5. The molecule has 31 heavy (non-hydrogen) atoms. The predicted octanol–water partition coefficient (Wildman–Crippen LogP) is 2.13. The summed E-state index contributed by atoms with van der Waals surface area (Å²) in [6.07, 6.45) is 0. The Morgan fingerprint density at radius 1 is 1.06 bits per heavy atom. The van der Waals surface area contributed by atoms with Crippen LogP contribution in [0.2, 0.25) is 0 Å². The molecule has 4 rings (SSSR count). The molecule has 0 fully saturated rings. The molecular formula is C20H19N7O3S. The second kappa shape index (κ2) is 8.96. The Balaban J connectivity index is 1.40. The van der Waals surface area contributed by atoms with Gasteiger partial charge < -0.3 is 14.6 Å². The number of fused-ring (bicyclic) bond motifs is 1. The molecule has 1 N–H and O–H groups in total. The molecular weight excluding hydrogens is 418 g/mol. The minimum absolute atomic E-state index is 0.105. The van der Waals surface area contributed by atoms with E-state index >= 15 is 0 Å². The highest BCUT2D eigenvalue weighted by atomic mass is 32.2. The number of anilines is 1. The van der Waals surface area contributed by atoms with Crippen LogP contribution in [0.1, 0.15) is 16.2 Å². The maximum absolute atomic E-state index is 12.4. The third-order valence-corrected chi connectivity index (χ3v) is 5.60. The van der Waals surface area contributed by atoms with Crippen LogP contribution in [-0.4, -0.2) is 54.5 Å². The summed E-state index contributed by atoms with van der Waals surface area (Å²) in [4.78, 5) is 24.2. The van der Waals surface area contributed by atoms with Gasteiger partial charge in [0.2, 0.25) is 5.91 Å². The number of hydrogen-bond donors (Lipinski definition) is 1. The van der Waals surface area contributed by atoms with Gasteiger partial charge in [0.25, 0.3) is 0 Å². The number of para-hydroxylation sites is 2. The lowest BCUT2D eigenvalue weighted by molar-refractivity contribution is -0.113. The van der Waals surface area contributed by atoms with E-state index in [1.807, 2.05) is 35.9 Å². The van der Waals surface area contributed by atoms with E-state index in [1.165, 1.54) is 18.9 Å². The number of carbonyl (C=O) groups is 2. The number of aromatic nitrogens is 6. The Hall–Kier alpha value is -3.73. The molecule has 2 aromatic carbocycles. The average molecular weight is 437 g/mol. The number of esters is 1. The van der Waals surface area contributed by atoms with Crippen LogP contribution in [0.3, 0.4) is 0 Å². The predicted molar refractivity (Wildman–Crippen MR) is 115 cm³/mol. The topological polar surface area (TPSA) is 117 Å². The third kappa shape index (κ3) is 4.40. The fourth-order valence-electron chi connectivity index (χ4n) is 2.97. The normalized spacial score (nSPS) is 10.9. The number of amides is 1. The highest BCUT2D eigenvalue weighted by Crippen LogP contribution is 2.20. The standard InChI is InChI=1S/C20H19N7O3S/c1-26-17(11-27-16-10-6-5-9-15(16)22-25-27)23-24-20(26)31-12-18(28)21-14-8-4-3-7-13(14)19(29)30-2/h3-10H,11-12H2,1-2H3,(H,21,28). The SMILES string of the molecule is COC(=O)c1ccccc1NC(=O)CSc1nnc(Cn2nnc3ccccc32)n1C. The second-order valence-corrected chi connectivity index (χ2v) is 7.51. The fraction of sp³-hybridized carbons (Fsp3) is 0.200. The molecule has 11 heteroatoms. The summed E-state index contributed by atoms with van der Waals surface area (Å²) >= 11 is 1.25. The monoisotopic (exact) mass is 437 g/mol. The summed E-state index contributed by atoms with van der Waals surface area (Å²) in [7, 11) is 3.13. The molecule has 2 heterocycles. The van der Waals surface area contributed by atoms with Crippen LogP contribution < -0.4 is 5.32 Å². The molecule has 0 aliphatic heterocycles. The Bertz CT molecular complexity index is 1250. The first-order valence-electron chi connectivity index (χ1n) is 9.33. The molecule has 0 saturated heterocycles. The minimum Gasteiger partial charge on any atom is -0.465 e. The highest BCUT2D eigenvalue weighted by Gasteiger charge is 2.16. The molecule has 4 aromatic rings. The molecule has 0 spiro atoms. The van der Waals surface area contributed by atoms with Crippen LogP contribution in [-0.2, 0) is 23.1 Å². The summed E-state index contributed by atoms with van der Waals surface area (Å²) in [6, 6.07) is 14.4. The Morgan fingerprint density at radius 3 is 2.68 bits per heavy atom. The molecule has 2 aromatic heterocycles. The smallest absolute Gasteiger partial charge is 0.339 e. The van der Waals surface area contributed by atoms with Crippen molar-refractivity contribution in [1.29, 1.82) is 0 Å². The zero-order valence-corrected chi connectivity index (χ0v) is 17.7. The summed E-state index contributed by atoms with van der Waals surface area (Å²) in [6.45, 7) is 0.406. The first-order valence-corrected chi connectivity index (χ1v) is 10.3. The number of rotatable bonds is 7. The van der Waals surface area contributed by atoms with Crippen molar-refractivity contribution in [2.75, 3.05) is 18.2 Å². The van der Waals surface area contributed by atoms with Gasteiger partial charge in [0.1, 0.15) is 12.1 Å². The van der Waals surface area contributed by atoms with Gasteiger partial charge in [0.05, 0.1) is 29.6 Å². The number of carbonyl (C=O) groups excluding carboxylic acids is 2. The van der Waals surface area contributed by atoms with Gasteiger partial charge in [-0.05, 0) is 24.3 Å². The van der Waals surface area contributed by atoms with E-state index in [4.69, 9.17) is 4.74 Å². The van der Waals surface area contributed by atoms with E-state index in [2.05, 4.69) is 25.8 Å². The Kier molecular flexibility index (Phi) is 5.94. The third-order valence-electron chi connectivity index (χ3n) is 4.58. The maximum Gasteiger partial charge on any atom is 0.339 e. The average Bonchev–Trinajstić information content (AvgIpc) is 3.36. The van der Waals surface area contributed by atoms with E-state index < -0.39 is 5.97 Å². The van der Waals surface area contributed by atoms with Gasteiger partial charge in [-0.2, -0.15) is 0 Å². The van der Waals surface area contributed by atoms with Gasteiger partial charge in [0.15, 0.2) is 11.0 Å². The quantitative estimate of drug-likeness (QED) is 0.345. The summed E-state index contributed by atoms with van der Waals surface area (Å²) in [5, 5.41) is 20.0. The zero-order chi connectivity index (χ0) is 21.8. The van der Waals surface area contributed by atoms with Gasteiger partial charge in [0, 0.05) is 7.05 Å². The van der Waals surface area contributed by atoms with Crippen molar-refractivity contribution in [3.05, 3.63) is 59.9 Å². The van der Waals surface area contributed by atoms with Crippen LogP contribution in [0.5, 0.6) is 0 Å². The number of benzene rings is 2. The molecule has 0 aliphatic carbocycles. The van der Waals surface area contributed by atoms with Gasteiger partial charge in [-0.15, -0.1) is 15.3 Å². The van der Waals surface area contributed by atoms with Crippen LogP contribution in [0.15, 0.2) is 53.7 Å². The van der Waals surface area contributed by atoms with E-state index in [9.17, 15) is 9.59 Å². The molecule has 0 bridgehead atoms. The van der Waals surface area contributed by atoms with Crippen molar-refractivity contribution in [1.82, 2.24) is 29.8 Å². The molecule has 158 valence electrons. The van der Waals surface area contributed by atoms with E-state index in [-0.39, 0.29) is 11.7 Å². The second-order valence-electron chi connectivity index (χ2n) is 6.57. The number of ether oxygens (including phenoxy) is 1. The lowest BCUT2D eigenvalue weighted by Gasteiger charge is -2.09. The number of nitrogens with zero attached hydrogens (tertiary/aromatic N) is 6. The molecule has 1 amide bonds. The Labute approximate surface area is 181 Å². The van der Waals surface area contributed by atoms with Crippen molar-refractivity contribution in [3.63, 3.8) is 0 Å². The molecule has 10 nitrogen and oxygen atoms in total.